The molecular formula is C18H24BrNOS. The summed E-state index contributed by atoms with van der Waals surface area (Å²) in [7, 11) is 0. The van der Waals surface area contributed by atoms with E-state index in [4.69, 9.17) is 0 Å². The summed E-state index contributed by atoms with van der Waals surface area (Å²) < 4.78 is 1.12. The summed E-state index contributed by atoms with van der Waals surface area (Å²) in [5, 5.41) is 3.24. The molecule has 2 aliphatic rings. The number of fused-ring (bicyclic) bond motifs is 2. The molecule has 0 aromatic heterocycles. The van der Waals surface area contributed by atoms with Crippen LogP contribution in [0.4, 0.5) is 0 Å². The first-order valence-electron chi connectivity index (χ1n) is 8.24. The maximum atomic E-state index is 12.1. The smallest absolute Gasteiger partial charge is 0.230 e. The molecule has 2 fully saturated rings. The summed E-state index contributed by atoms with van der Waals surface area (Å²) in [6.07, 6.45) is 5.54. The average Bonchev–Trinajstić information content (AvgIpc) is 3.12. The third-order valence-electron chi connectivity index (χ3n) is 5.27. The molecule has 2 bridgehead atoms. The highest BCUT2D eigenvalue weighted by Gasteiger charge is 2.42. The van der Waals surface area contributed by atoms with E-state index in [0.717, 1.165) is 28.0 Å². The van der Waals surface area contributed by atoms with Crippen LogP contribution >= 0.6 is 27.7 Å². The Labute approximate surface area is 146 Å². The minimum atomic E-state index is 0.187. The van der Waals surface area contributed by atoms with Crippen molar-refractivity contribution in [2.24, 2.45) is 17.8 Å². The zero-order chi connectivity index (χ0) is 15.5. The second-order valence-corrected chi connectivity index (χ2v) is 8.62. The lowest BCUT2D eigenvalue weighted by atomic mass is 9.84. The minimum absolute atomic E-state index is 0.187. The Morgan fingerprint density at radius 1 is 1.36 bits per heavy atom. The molecule has 4 heteroatoms. The maximum Gasteiger partial charge on any atom is 0.230 e. The number of carbonyl (C=O) groups is 1. The molecule has 22 heavy (non-hydrogen) atoms. The number of nitrogens with one attached hydrogen (secondary N) is 1. The molecule has 3 rings (SSSR count). The second kappa shape index (κ2) is 7.39. The predicted octanol–water partition coefficient (Wildman–Crippen LogP) is 4.62. The van der Waals surface area contributed by atoms with Crippen LogP contribution in [-0.4, -0.2) is 17.7 Å². The van der Waals surface area contributed by atoms with Gasteiger partial charge in [-0.25, -0.2) is 0 Å². The summed E-state index contributed by atoms with van der Waals surface area (Å²) in [6.45, 7) is 2.20. The van der Waals surface area contributed by atoms with E-state index < -0.39 is 0 Å². The van der Waals surface area contributed by atoms with Gasteiger partial charge >= 0.3 is 0 Å². The van der Waals surface area contributed by atoms with E-state index in [1.54, 1.807) is 11.8 Å². The number of amides is 1. The first-order chi connectivity index (χ1) is 10.6. The fraction of sp³-hybridized carbons (Fsp3) is 0.611. The number of thioether (sulfide) groups is 1. The van der Waals surface area contributed by atoms with Crippen LogP contribution in [0.25, 0.3) is 0 Å². The standard InChI is InChI=1S/C18H24BrNOS/c1-12(16-9-13-6-7-14(16)8-13)20-18(21)11-22-10-15-4-2-3-5-17(15)19/h2-5,12-14,16H,6-11H2,1H3,(H,20,21)/t12-,13+,14+,16-/m0/s1. The maximum absolute atomic E-state index is 12.1. The Kier molecular flexibility index (Phi) is 5.50. The highest BCUT2D eigenvalue weighted by atomic mass is 79.9. The number of hydrogen-bond acceptors (Lipinski definition) is 2. The summed E-state index contributed by atoms with van der Waals surface area (Å²) in [5.74, 6) is 4.14. The lowest BCUT2D eigenvalue weighted by Crippen LogP contribution is -2.40. The minimum Gasteiger partial charge on any atom is -0.353 e. The largest absolute Gasteiger partial charge is 0.353 e. The van der Waals surface area contributed by atoms with E-state index in [1.807, 2.05) is 18.2 Å². The lowest BCUT2D eigenvalue weighted by Gasteiger charge is -2.28. The molecule has 4 atom stereocenters. The van der Waals surface area contributed by atoms with Gasteiger partial charge in [0.05, 0.1) is 5.75 Å². The van der Waals surface area contributed by atoms with E-state index in [0.29, 0.717) is 11.8 Å². The molecular weight excluding hydrogens is 358 g/mol. The van der Waals surface area contributed by atoms with Crippen LogP contribution in [0, 0.1) is 17.8 Å². The fourth-order valence-electron chi connectivity index (χ4n) is 4.18. The highest BCUT2D eigenvalue weighted by molar-refractivity contribution is 9.10. The van der Waals surface area contributed by atoms with Crippen molar-refractivity contribution in [2.45, 2.75) is 44.4 Å². The second-order valence-electron chi connectivity index (χ2n) is 6.78. The van der Waals surface area contributed by atoms with Gasteiger partial charge in [0.25, 0.3) is 0 Å². The number of carbonyl (C=O) groups excluding carboxylic acids is 1. The molecule has 1 aromatic rings. The molecule has 2 nitrogen and oxygen atoms in total. The van der Waals surface area contributed by atoms with E-state index in [2.05, 4.69) is 34.2 Å². The first-order valence-corrected chi connectivity index (χ1v) is 10.2. The van der Waals surface area contributed by atoms with Crippen LogP contribution in [0.15, 0.2) is 28.7 Å². The molecule has 0 saturated heterocycles. The van der Waals surface area contributed by atoms with Crippen molar-refractivity contribution in [3.8, 4) is 0 Å². The van der Waals surface area contributed by atoms with Crippen molar-refractivity contribution in [2.75, 3.05) is 5.75 Å². The quantitative estimate of drug-likeness (QED) is 0.778. The van der Waals surface area contributed by atoms with Crippen LogP contribution < -0.4 is 5.32 Å². The Morgan fingerprint density at radius 3 is 2.86 bits per heavy atom. The third kappa shape index (κ3) is 3.88. The molecule has 0 spiro atoms. The van der Waals surface area contributed by atoms with Crippen molar-refractivity contribution < 1.29 is 4.79 Å². The van der Waals surface area contributed by atoms with Gasteiger partial charge in [0.15, 0.2) is 0 Å². The SMILES string of the molecule is C[C@H](NC(=O)CSCc1ccccc1Br)[C@@H]1C[C@@H]2CC[C@@H]1C2. The molecule has 1 amide bonds. The molecule has 0 aliphatic heterocycles. The highest BCUT2D eigenvalue weighted by Crippen LogP contribution is 2.49. The van der Waals surface area contributed by atoms with Crippen molar-refractivity contribution in [3.05, 3.63) is 34.3 Å². The van der Waals surface area contributed by atoms with E-state index >= 15 is 0 Å². The van der Waals surface area contributed by atoms with Crippen molar-refractivity contribution in [3.63, 3.8) is 0 Å². The topological polar surface area (TPSA) is 29.1 Å². The molecule has 1 N–H and O–H groups in total. The number of benzene rings is 1. The van der Waals surface area contributed by atoms with E-state index in [-0.39, 0.29) is 5.91 Å². The van der Waals surface area contributed by atoms with Crippen molar-refractivity contribution in [1.29, 1.82) is 0 Å². The van der Waals surface area contributed by atoms with Crippen LogP contribution in [0.2, 0.25) is 0 Å². The van der Waals surface area contributed by atoms with Gasteiger partial charge in [-0.1, -0.05) is 40.5 Å². The lowest BCUT2D eigenvalue weighted by molar-refractivity contribution is -0.119. The van der Waals surface area contributed by atoms with Gasteiger partial charge < -0.3 is 5.32 Å². The van der Waals surface area contributed by atoms with Gasteiger partial charge in [0.2, 0.25) is 5.91 Å². The Morgan fingerprint density at radius 2 is 2.18 bits per heavy atom. The van der Waals surface area contributed by atoms with Gasteiger partial charge in [-0.3, -0.25) is 4.79 Å². The van der Waals surface area contributed by atoms with Crippen molar-refractivity contribution >= 4 is 33.6 Å². The fourth-order valence-corrected chi connectivity index (χ4v) is 5.63. The summed E-state index contributed by atoms with van der Waals surface area (Å²) in [6, 6.07) is 8.55. The number of hydrogen-bond donors (Lipinski definition) is 1. The predicted molar refractivity (Wildman–Crippen MR) is 96.8 cm³/mol. The van der Waals surface area contributed by atoms with Crippen LogP contribution in [0.3, 0.4) is 0 Å². The van der Waals surface area contributed by atoms with Crippen LogP contribution in [-0.2, 0) is 10.5 Å². The molecule has 0 radical (unpaired) electrons. The summed E-state index contributed by atoms with van der Waals surface area (Å²) in [5.41, 5.74) is 1.25. The van der Waals surface area contributed by atoms with Gasteiger partial charge in [-0.15, -0.1) is 11.8 Å². The normalized spacial score (nSPS) is 27.8. The van der Waals surface area contributed by atoms with Gasteiger partial charge in [-0.2, -0.15) is 0 Å². The Bertz CT molecular complexity index is 536. The van der Waals surface area contributed by atoms with E-state index in [9.17, 15) is 4.79 Å². The van der Waals surface area contributed by atoms with Gasteiger partial charge in [-0.05, 0) is 55.6 Å². The average molecular weight is 382 g/mol. The monoisotopic (exact) mass is 381 g/mol. The summed E-state index contributed by atoms with van der Waals surface area (Å²) >= 11 is 5.24. The molecule has 2 aliphatic carbocycles. The Balaban J connectivity index is 1.40. The molecule has 120 valence electrons. The van der Waals surface area contributed by atoms with E-state index in [1.165, 1.54) is 31.2 Å². The first kappa shape index (κ1) is 16.4. The van der Waals surface area contributed by atoms with Gasteiger partial charge in [0, 0.05) is 16.3 Å². The molecule has 2 saturated carbocycles. The van der Waals surface area contributed by atoms with Gasteiger partial charge in [0.1, 0.15) is 0 Å². The number of halogens is 1. The van der Waals surface area contributed by atoms with Crippen molar-refractivity contribution in [1.82, 2.24) is 5.32 Å². The van der Waals surface area contributed by atoms with Crippen LogP contribution in [0.1, 0.15) is 38.2 Å². The zero-order valence-electron chi connectivity index (χ0n) is 13.1. The number of rotatable bonds is 6. The zero-order valence-corrected chi connectivity index (χ0v) is 15.5. The molecule has 1 aromatic carbocycles. The Hall–Kier alpha value is -0.480. The molecule has 0 unspecified atom stereocenters. The molecule has 0 heterocycles. The van der Waals surface area contributed by atoms with Crippen LogP contribution in [0.5, 0.6) is 0 Å². The summed E-state index contributed by atoms with van der Waals surface area (Å²) in [4.78, 5) is 12.1. The third-order valence-corrected chi connectivity index (χ3v) is 7.03.